The van der Waals surface area contributed by atoms with Crippen molar-refractivity contribution in [3.05, 3.63) is 0 Å². The molecule has 0 amide bonds. The van der Waals surface area contributed by atoms with Crippen molar-refractivity contribution < 1.29 is 17.5 Å². The van der Waals surface area contributed by atoms with Crippen molar-refractivity contribution in [1.29, 1.82) is 0 Å². The summed E-state index contributed by atoms with van der Waals surface area (Å²) in [7, 11) is -6.19. The molecule has 1 saturated heterocycles. The quantitative estimate of drug-likeness (QED) is 0.536. The summed E-state index contributed by atoms with van der Waals surface area (Å²) in [4.78, 5) is 0. The number of nitrogens with two attached hydrogens (primary N) is 1. The Kier molecular flexibility index (Phi) is 2.66. The van der Waals surface area contributed by atoms with Crippen LogP contribution in [0.15, 0.2) is 0 Å². The Hall–Kier alpha value is 0.140. The molecule has 0 unspecified atom stereocenters. The van der Waals surface area contributed by atoms with Crippen LogP contribution in [0.2, 0.25) is 0 Å². The van der Waals surface area contributed by atoms with Gasteiger partial charge in [0.05, 0.1) is 11.5 Å². The zero-order valence-electron chi connectivity index (χ0n) is 6.38. The molecule has 0 aromatic heterocycles. The predicted octanol–water partition coefficient (Wildman–Crippen LogP) is -0.744. The fourth-order valence-electron chi connectivity index (χ4n) is 0.964. The van der Waals surface area contributed by atoms with E-state index in [2.05, 4.69) is 0 Å². The van der Waals surface area contributed by atoms with Crippen molar-refractivity contribution in [3.8, 4) is 0 Å². The molecule has 0 atom stereocenters. The van der Waals surface area contributed by atoms with E-state index in [4.69, 9.17) is 14.2 Å². The number of hydrogen-bond donors (Lipinski definition) is 3. The Balaban J connectivity index is 2.59. The van der Waals surface area contributed by atoms with Gasteiger partial charge in [-0.1, -0.05) is 0 Å². The van der Waals surface area contributed by atoms with E-state index in [1.165, 1.54) is 0 Å². The van der Waals surface area contributed by atoms with Gasteiger partial charge in [0, 0.05) is 13.1 Å². The molecular formula is C4H12N2O4S2. The Morgan fingerprint density at radius 1 is 1.25 bits per heavy atom. The first-order valence-corrected chi connectivity index (χ1v) is 6.71. The molecule has 6 nitrogen and oxygen atoms in total. The molecule has 0 radical (unpaired) electrons. The van der Waals surface area contributed by atoms with E-state index in [0.717, 1.165) is 4.31 Å². The molecule has 1 aliphatic rings. The molecule has 8 heteroatoms. The Bertz CT molecular complexity index is 252. The highest BCUT2D eigenvalue weighted by Gasteiger charge is 2.27. The molecule has 0 saturated carbocycles. The number of nitrogens with zero attached hydrogens (tertiary/aromatic N) is 1. The lowest BCUT2D eigenvalue weighted by atomic mass is 10.6. The van der Waals surface area contributed by atoms with E-state index in [1.807, 2.05) is 0 Å². The van der Waals surface area contributed by atoms with E-state index in [9.17, 15) is 8.42 Å². The van der Waals surface area contributed by atoms with Crippen LogP contribution in [0.5, 0.6) is 0 Å². The van der Waals surface area contributed by atoms with Gasteiger partial charge in [-0.05, 0) is 0 Å². The first kappa shape index (κ1) is 10.2. The van der Waals surface area contributed by atoms with Crippen molar-refractivity contribution in [2.45, 2.75) is 0 Å². The molecule has 1 rings (SSSR count). The van der Waals surface area contributed by atoms with Crippen molar-refractivity contribution in [2.24, 2.45) is 5.14 Å². The highest BCUT2D eigenvalue weighted by molar-refractivity contribution is 8.24. The van der Waals surface area contributed by atoms with E-state index >= 15 is 0 Å². The van der Waals surface area contributed by atoms with Gasteiger partial charge < -0.3 is 0 Å². The second-order valence-electron chi connectivity index (χ2n) is 2.65. The summed E-state index contributed by atoms with van der Waals surface area (Å²) in [6, 6.07) is 0. The van der Waals surface area contributed by atoms with Crippen molar-refractivity contribution >= 4 is 20.8 Å². The molecule has 74 valence electrons. The maximum absolute atomic E-state index is 10.7. The van der Waals surface area contributed by atoms with Gasteiger partial charge in [-0.15, -0.1) is 0 Å². The van der Waals surface area contributed by atoms with E-state index in [1.54, 1.807) is 0 Å². The third-order valence-corrected chi connectivity index (χ3v) is 4.45. The maximum atomic E-state index is 10.7. The van der Waals surface area contributed by atoms with Crippen LogP contribution in [0.1, 0.15) is 0 Å². The van der Waals surface area contributed by atoms with Crippen molar-refractivity contribution in [2.75, 3.05) is 24.6 Å². The summed E-state index contributed by atoms with van der Waals surface area (Å²) in [5.41, 5.74) is 0. The van der Waals surface area contributed by atoms with Gasteiger partial charge in [0.25, 0.3) is 10.2 Å². The van der Waals surface area contributed by atoms with Crippen LogP contribution in [-0.2, 0) is 10.2 Å². The maximum Gasteiger partial charge on any atom is 0.277 e. The summed E-state index contributed by atoms with van der Waals surface area (Å²) < 4.78 is 40.8. The van der Waals surface area contributed by atoms with Gasteiger partial charge in [0.1, 0.15) is 0 Å². The van der Waals surface area contributed by atoms with Gasteiger partial charge >= 0.3 is 0 Å². The summed E-state index contributed by atoms with van der Waals surface area (Å²) in [6.07, 6.45) is 0. The standard InChI is InChI=1S/C4H12N2O4S2/c5-12(9,10)6-1-3-11(7,8)4-2-6/h7-8H,1-4H2,(H2,5,9,10). The zero-order valence-corrected chi connectivity index (χ0v) is 8.01. The molecule has 0 aromatic carbocycles. The highest BCUT2D eigenvalue weighted by Crippen LogP contribution is 2.40. The minimum absolute atomic E-state index is 0.0867. The van der Waals surface area contributed by atoms with Crippen molar-refractivity contribution in [3.63, 3.8) is 0 Å². The second-order valence-corrected chi connectivity index (χ2v) is 6.62. The molecular weight excluding hydrogens is 204 g/mol. The average molecular weight is 216 g/mol. The first-order chi connectivity index (χ1) is 5.31. The highest BCUT2D eigenvalue weighted by atomic mass is 32.3. The summed E-state index contributed by atoms with van der Waals surface area (Å²) >= 11 is 0. The molecule has 0 spiro atoms. The largest absolute Gasteiger partial charge is 0.299 e. The minimum atomic E-state index is -3.65. The lowest BCUT2D eigenvalue weighted by molar-refractivity contribution is 0.403. The van der Waals surface area contributed by atoms with E-state index in [0.29, 0.717) is 0 Å². The predicted molar refractivity (Wildman–Crippen MR) is 47.3 cm³/mol. The first-order valence-electron chi connectivity index (χ1n) is 3.33. The molecule has 0 aliphatic carbocycles. The Morgan fingerprint density at radius 2 is 1.67 bits per heavy atom. The van der Waals surface area contributed by atoms with Crippen LogP contribution in [-0.4, -0.2) is 46.4 Å². The SMILES string of the molecule is NS(=O)(=O)N1CCS(O)(O)CC1. The molecule has 0 bridgehead atoms. The topological polar surface area (TPSA) is 104 Å². The third-order valence-electron chi connectivity index (χ3n) is 1.70. The van der Waals surface area contributed by atoms with E-state index in [-0.39, 0.29) is 24.6 Å². The summed E-state index contributed by atoms with van der Waals surface area (Å²) in [6.45, 7) is 0.197. The van der Waals surface area contributed by atoms with Gasteiger partial charge in [0.2, 0.25) is 0 Å². The summed E-state index contributed by atoms with van der Waals surface area (Å²) in [5, 5.41) is 4.84. The van der Waals surface area contributed by atoms with Gasteiger partial charge in [-0.2, -0.15) is 23.3 Å². The molecule has 12 heavy (non-hydrogen) atoms. The van der Waals surface area contributed by atoms with Crippen molar-refractivity contribution in [1.82, 2.24) is 4.31 Å². The van der Waals surface area contributed by atoms with Gasteiger partial charge in [-0.3, -0.25) is 9.11 Å². The Labute approximate surface area is 72.9 Å². The van der Waals surface area contributed by atoms with E-state index < -0.39 is 20.8 Å². The normalized spacial score (nSPS) is 28.2. The van der Waals surface area contributed by atoms with Gasteiger partial charge in [-0.25, -0.2) is 5.14 Å². The zero-order chi connectivity index (χ0) is 9.41. The van der Waals surface area contributed by atoms with Crippen LogP contribution < -0.4 is 5.14 Å². The van der Waals surface area contributed by atoms with Crippen LogP contribution in [0, 0.1) is 0 Å². The molecule has 1 aliphatic heterocycles. The molecule has 1 heterocycles. The van der Waals surface area contributed by atoms with Crippen LogP contribution >= 0.6 is 10.6 Å². The van der Waals surface area contributed by atoms with Crippen LogP contribution in [0.25, 0.3) is 0 Å². The average Bonchev–Trinajstić information content (AvgIpc) is 1.83. The second kappa shape index (κ2) is 3.13. The lowest BCUT2D eigenvalue weighted by Crippen LogP contribution is -2.45. The molecule has 1 fully saturated rings. The van der Waals surface area contributed by atoms with Crippen LogP contribution in [0.4, 0.5) is 0 Å². The smallest absolute Gasteiger partial charge is 0.277 e. The fraction of sp³-hybridized carbons (Fsp3) is 1.00. The number of rotatable bonds is 1. The third kappa shape index (κ3) is 2.57. The lowest BCUT2D eigenvalue weighted by Gasteiger charge is -2.39. The molecule has 0 aromatic rings. The monoisotopic (exact) mass is 216 g/mol. The fourth-order valence-corrected chi connectivity index (χ4v) is 3.12. The molecule has 4 N–H and O–H groups in total. The van der Waals surface area contributed by atoms with Gasteiger partial charge in [0.15, 0.2) is 0 Å². The number of hydrogen-bond acceptors (Lipinski definition) is 4. The summed E-state index contributed by atoms with van der Waals surface area (Å²) in [5.74, 6) is 0.173. The Morgan fingerprint density at radius 3 is 2.00 bits per heavy atom. The van der Waals surface area contributed by atoms with Crippen LogP contribution in [0.3, 0.4) is 0 Å². The minimum Gasteiger partial charge on any atom is -0.299 e.